The summed E-state index contributed by atoms with van der Waals surface area (Å²) < 4.78 is 7.60. The van der Waals surface area contributed by atoms with Crippen LogP contribution in [-0.4, -0.2) is 16.3 Å². The molecule has 1 aromatic heterocycles. The molecule has 1 N–H and O–H groups in total. The monoisotopic (exact) mass is 345 g/mol. The Morgan fingerprint density at radius 3 is 2.44 bits per heavy atom. The van der Waals surface area contributed by atoms with Gasteiger partial charge in [-0.25, -0.2) is 0 Å². The number of nitrogens with zero attached hydrogens (tertiary/aromatic N) is 1. The number of hydrogen-bond donors (Lipinski definition) is 1. The van der Waals surface area contributed by atoms with E-state index in [1.54, 1.807) is 4.57 Å². The summed E-state index contributed by atoms with van der Waals surface area (Å²) in [6.45, 7) is 5.67. The summed E-state index contributed by atoms with van der Waals surface area (Å²) in [5.74, 6) is 0.798. The largest absolute Gasteiger partial charge is 0.507 e. The first-order valence-electron chi connectivity index (χ1n) is 9.66. The van der Waals surface area contributed by atoms with Crippen LogP contribution in [0.1, 0.15) is 65.2 Å². The Balaban J connectivity index is 2.05. The number of ether oxygens (including phenoxy) is 1. The molecule has 4 nitrogen and oxygen atoms in total. The van der Waals surface area contributed by atoms with Crippen molar-refractivity contribution in [3.05, 3.63) is 34.6 Å². The van der Waals surface area contributed by atoms with Crippen molar-refractivity contribution in [3.63, 3.8) is 0 Å². The van der Waals surface area contributed by atoms with Crippen molar-refractivity contribution in [1.82, 2.24) is 4.57 Å². The molecule has 0 radical (unpaired) electrons. The molecule has 0 bridgehead atoms. The highest BCUT2D eigenvalue weighted by molar-refractivity contribution is 5.86. The first kappa shape index (κ1) is 19.4. The van der Waals surface area contributed by atoms with Gasteiger partial charge in [-0.3, -0.25) is 4.79 Å². The average Bonchev–Trinajstić information content (AvgIpc) is 2.60. The molecule has 0 fully saturated rings. The Labute approximate surface area is 150 Å². The molecule has 0 aliphatic heterocycles. The molecule has 0 amide bonds. The second-order valence-electron chi connectivity index (χ2n) is 6.67. The van der Waals surface area contributed by atoms with Crippen molar-refractivity contribution < 1.29 is 9.84 Å². The van der Waals surface area contributed by atoms with Crippen LogP contribution in [0.2, 0.25) is 0 Å². The van der Waals surface area contributed by atoms with E-state index in [2.05, 4.69) is 13.8 Å². The maximum absolute atomic E-state index is 12.2. The number of unbranched alkanes of at least 4 members (excludes halogenated alkanes) is 6. The van der Waals surface area contributed by atoms with E-state index in [0.717, 1.165) is 30.5 Å². The zero-order valence-electron chi connectivity index (χ0n) is 15.6. The van der Waals surface area contributed by atoms with Gasteiger partial charge in [0.2, 0.25) is 0 Å². The van der Waals surface area contributed by atoms with Crippen molar-refractivity contribution >= 4 is 10.9 Å². The van der Waals surface area contributed by atoms with Gasteiger partial charge in [-0.2, -0.15) is 0 Å². The maximum Gasteiger partial charge on any atom is 0.254 e. The molecule has 4 heteroatoms. The molecule has 0 atom stereocenters. The van der Waals surface area contributed by atoms with E-state index in [9.17, 15) is 9.90 Å². The third-order valence-electron chi connectivity index (χ3n) is 4.56. The van der Waals surface area contributed by atoms with E-state index >= 15 is 0 Å². The zero-order valence-corrected chi connectivity index (χ0v) is 15.6. The van der Waals surface area contributed by atoms with Crippen molar-refractivity contribution in [2.45, 2.75) is 71.8 Å². The molecule has 2 aromatic rings. The number of benzene rings is 1. The molecule has 0 saturated heterocycles. The van der Waals surface area contributed by atoms with Gasteiger partial charge in [0.05, 0.1) is 12.1 Å². The van der Waals surface area contributed by atoms with Crippen LogP contribution in [0.15, 0.2) is 29.1 Å². The van der Waals surface area contributed by atoms with E-state index < -0.39 is 0 Å². The molecule has 0 spiro atoms. The van der Waals surface area contributed by atoms with Crippen LogP contribution in [0, 0.1) is 0 Å². The fourth-order valence-corrected chi connectivity index (χ4v) is 3.05. The summed E-state index contributed by atoms with van der Waals surface area (Å²) in [6, 6.07) is 6.88. The molecule has 2 rings (SSSR count). The van der Waals surface area contributed by atoms with Crippen LogP contribution in [0.3, 0.4) is 0 Å². The van der Waals surface area contributed by atoms with Crippen molar-refractivity contribution in [2.24, 2.45) is 0 Å². The average molecular weight is 345 g/mol. The number of pyridine rings is 1. The van der Waals surface area contributed by atoms with Crippen LogP contribution < -0.4 is 10.3 Å². The van der Waals surface area contributed by atoms with Crippen molar-refractivity contribution in [3.8, 4) is 11.5 Å². The normalized spacial score (nSPS) is 11.1. The van der Waals surface area contributed by atoms with Crippen LogP contribution in [0.5, 0.6) is 11.5 Å². The van der Waals surface area contributed by atoms with Crippen molar-refractivity contribution in [2.75, 3.05) is 6.61 Å². The third kappa shape index (κ3) is 5.52. The molecule has 0 saturated carbocycles. The van der Waals surface area contributed by atoms with Gasteiger partial charge in [0.15, 0.2) is 0 Å². The second-order valence-corrected chi connectivity index (χ2v) is 6.67. The predicted octanol–water partition coefficient (Wildman–Crippen LogP) is 5.25. The SMILES string of the molecule is CCCCCCCCOc1ccc2c(O)cc(=O)n(CCCC)c2c1. The topological polar surface area (TPSA) is 51.5 Å². The fourth-order valence-electron chi connectivity index (χ4n) is 3.05. The maximum atomic E-state index is 12.2. The lowest BCUT2D eigenvalue weighted by Gasteiger charge is -2.13. The second kappa shape index (κ2) is 10.1. The number of rotatable bonds is 11. The minimum atomic E-state index is -0.161. The van der Waals surface area contributed by atoms with Gasteiger partial charge in [-0.05, 0) is 25.0 Å². The van der Waals surface area contributed by atoms with Crippen LogP contribution in [-0.2, 0) is 6.54 Å². The lowest BCUT2D eigenvalue weighted by atomic mass is 10.1. The molecule has 0 unspecified atom stereocenters. The standard InChI is InChI=1S/C21H31NO3/c1-3-5-7-8-9-10-14-25-17-11-12-18-19(15-17)22(13-6-4-2)21(24)16-20(18)23/h11-12,15-16,23H,3-10,13-14H2,1-2H3. The number of fused-ring (bicyclic) bond motifs is 1. The van der Waals surface area contributed by atoms with E-state index in [1.807, 2.05) is 18.2 Å². The molecule has 1 heterocycles. The molecule has 0 aliphatic carbocycles. The molecular weight excluding hydrogens is 314 g/mol. The number of aryl methyl sites for hydroxylation is 1. The van der Waals surface area contributed by atoms with E-state index in [1.165, 1.54) is 38.2 Å². The van der Waals surface area contributed by atoms with Crippen LogP contribution in [0.25, 0.3) is 10.9 Å². The minimum Gasteiger partial charge on any atom is -0.507 e. The first-order valence-corrected chi connectivity index (χ1v) is 9.66. The summed E-state index contributed by atoms with van der Waals surface area (Å²) in [4.78, 5) is 12.2. The van der Waals surface area contributed by atoms with Gasteiger partial charge in [0.25, 0.3) is 5.56 Å². The smallest absolute Gasteiger partial charge is 0.254 e. The van der Waals surface area contributed by atoms with Crippen molar-refractivity contribution in [1.29, 1.82) is 0 Å². The Kier molecular flexibility index (Phi) is 7.83. The Bertz CT molecular complexity index is 721. The van der Waals surface area contributed by atoms with Gasteiger partial charge in [0, 0.05) is 24.1 Å². The third-order valence-corrected chi connectivity index (χ3v) is 4.56. The lowest BCUT2D eigenvalue weighted by Crippen LogP contribution is -2.19. The summed E-state index contributed by atoms with van der Waals surface area (Å²) >= 11 is 0. The molecule has 0 aliphatic rings. The molecular formula is C21H31NO3. The Morgan fingerprint density at radius 2 is 1.68 bits per heavy atom. The van der Waals surface area contributed by atoms with Crippen LogP contribution in [0.4, 0.5) is 0 Å². The summed E-state index contributed by atoms with van der Waals surface area (Å²) in [5.41, 5.74) is 0.588. The zero-order chi connectivity index (χ0) is 18.1. The minimum absolute atomic E-state index is 0.0372. The summed E-state index contributed by atoms with van der Waals surface area (Å²) in [7, 11) is 0. The highest BCUT2D eigenvalue weighted by atomic mass is 16.5. The molecule has 1 aromatic carbocycles. The highest BCUT2D eigenvalue weighted by Gasteiger charge is 2.09. The Morgan fingerprint density at radius 1 is 0.960 bits per heavy atom. The van der Waals surface area contributed by atoms with Gasteiger partial charge >= 0.3 is 0 Å². The summed E-state index contributed by atoms with van der Waals surface area (Å²) in [5, 5.41) is 10.8. The lowest BCUT2D eigenvalue weighted by molar-refractivity contribution is 0.304. The van der Waals surface area contributed by atoms with E-state index in [4.69, 9.17) is 4.74 Å². The number of hydrogen-bond acceptors (Lipinski definition) is 3. The molecule has 25 heavy (non-hydrogen) atoms. The number of aromatic hydroxyl groups is 1. The highest BCUT2D eigenvalue weighted by Crippen LogP contribution is 2.27. The number of aromatic nitrogens is 1. The van der Waals surface area contributed by atoms with E-state index in [-0.39, 0.29) is 11.3 Å². The first-order chi connectivity index (χ1) is 12.2. The van der Waals surface area contributed by atoms with E-state index in [0.29, 0.717) is 18.5 Å². The van der Waals surface area contributed by atoms with Gasteiger partial charge in [-0.15, -0.1) is 0 Å². The molecule has 138 valence electrons. The summed E-state index contributed by atoms with van der Waals surface area (Å²) in [6.07, 6.45) is 9.32. The van der Waals surface area contributed by atoms with Gasteiger partial charge in [-0.1, -0.05) is 52.4 Å². The Hall–Kier alpha value is -1.97. The van der Waals surface area contributed by atoms with Gasteiger partial charge < -0.3 is 14.4 Å². The quantitative estimate of drug-likeness (QED) is 0.566. The fraction of sp³-hybridized carbons (Fsp3) is 0.571. The van der Waals surface area contributed by atoms with Gasteiger partial charge in [0.1, 0.15) is 11.5 Å². The predicted molar refractivity (Wildman–Crippen MR) is 104 cm³/mol. The van der Waals surface area contributed by atoms with Crippen LogP contribution >= 0.6 is 0 Å².